The predicted molar refractivity (Wildman–Crippen MR) is 71.6 cm³/mol. The van der Waals surface area contributed by atoms with Crippen LogP contribution in [0.1, 0.15) is 5.56 Å². The Morgan fingerprint density at radius 1 is 1.11 bits per heavy atom. The van der Waals surface area contributed by atoms with Crippen molar-refractivity contribution < 1.29 is 4.92 Å². The fourth-order valence-electron chi connectivity index (χ4n) is 1.79. The van der Waals surface area contributed by atoms with Crippen LogP contribution in [0.5, 0.6) is 0 Å². The van der Waals surface area contributed by atoms with Crippen molar-refractivity contribution in [1.82, 2.24) is 0 Å². The first-order valence-electron chi connectivity index (χ1n) is 5.66. The Morgan fingerprint density at radius 2 is 1.83 bits per heavy atom. The summed E-state index contributed by atoms with van der Waals surface area (Å²) in [5.41, 5.74) is 2.13. The van der Waals surface area contributed by atoms with E-state index in [0.29, 0.717) is 0 Å². The molecule has 2 aromatic carbocycles. The molecular weight excluding hydrogens is 228 g/mol. The highest BCUT2D eigenvalue weighted by Crippen LogP contribution is 2.21. The molecular formula is C14H14N2O2. The van der Waals surface area contributed by atoms with Crippen LogP contribution in [0.2, 0.25) is 0 Å². The number of anilines is 1. The maximum atomic E-state index is 10.7. The van der Waals surface area contributed by atoms with Crippen molar-refractivity contribution in [1.29, 1.82) is 0 Å². The number of nitro groups is 1. The van der Waals surface area contributed by atoms with Gasteiger partial charge in [-0.3, -0.25) is 10.1 Å². The molecule has 0 fully saturated rings. The van der Waals surface area contributed by atoms with Gasteiger partial charge in [-0.05, 0) is 11.6 Å². The van der Waals surface area contributed by atoms with Gasteiger partial charge in [-0.25, -0.2) is 0 Å². The molecule has 0 saturated carbocycles. The SMILES string of the molecule is CN(Cc1ccccc1)c1cccc([N+](=O)[O-])c1. The van der Waals surface area contributed by atoms with Gasteiger partial charge in [-0.1, -0.05) is 36.4 Å². The molecule has 2 aromatic rings. The Bertz CT molecular complexity index is 541. The number of nitrogens with zero attached hydrogens (tertiary/aromatic N) is 2. The summed E-state index contributed by atoms with van der Waals surface area (Å²) < 4.78 is 0. The van der Waals surface area contributed by atoms with Crippen LogP contribution in [0, 0.1) is 10.1 Å². The van der Waals surface area contributed by atoms with Gasteiger partial charge in [0.05, 0.1) is 4.92 Å². The van der Waals surface area contributed by atoms with Gasteiger partial charge >= 0.3 is 0 Å². The van der Waals surface area contributed by atoms with Gasteiger partial charge in [0, 0.05) is 31.4 Å². The molecule has 4 heteroatoms. The molecule has 18 heavy (non-hydrogen) atoms. The van der Waals surface area contributed by atoms with E-state index < -0.39 is 0 Å². The lowest BCUT2D eigenvalue weighted by Gasteiger charge is -2.19. The summed E-state index contributed by atoms with van der Waals surface area (Å²) in [6, 6.07) is 16.7. The third-order valence-corrected chi connectivity index (χ3v) is 2.74. The molecule has 0 aliphatic rings. The summed E-state index contributed by atoms with van der Waals surface area (Å²) in [4.78, 5) is 12.3. The van der Waals surface area contributed by atoms with Crippen molar-refractivity contribution >= 4 is 11.4 Å². The normalized spacial score (nSPS) is 10.1. The van der Waals surface area contributed by atoms with Crippen LogP contribution in [0.4, 0.5) is 11.4 Å². The lowest BCUT2D eigenvalue weighted by Crippen LogP contribution is -2.16. The van der Waals surface area contributed by atoms with Crippen molar-refractivity contribution in [2.75, 3.05) is 11.9 Å². The number of hydrogen-bond acceptors (Lipinski definition) is 3. The Morgan fingerprint density at radius 3 is 2.50 bits per heavy atom. The zero-order valence-electron chi connectivity index (χ0n) is 10.1. The van der Waals surface area contributed by atoms with E-state index >= 15 is 0 Å². The molecule has 0 radical (unpaired) electrons. The summed E-state index contributed by atoms with van der Waals surface area (Å²) in [5, 5.41) is 10.7. The second kappa shape index (κ2) is 5.31. The summed E-state index contributed by atoms with van der Waals surface area (Å²) in [5.74, 6) is 0. The summed E-state index contributed by atoms with van der Waals surface area (Å²) in [7, 11) is 1.92. The summed E-state index contributed by atoms with van der Waals surface area (Å²) >= 11 is 0. The van der Waals surface area contributed by atoms with Crippen LogP contribution < -0.4 is 4.90 Å². The van der Waals surface area contributed by atoms with E-state index in [-0.39, 0.29) is 10.6 Å². The van der Waals surface area contributed by atoms with Crippen LogP contribution >= 0.6 is 0 Å². The van der Waals surface area contributed by atoms with E-state index in [1.807, 2.05) is 48.3 Å². The van der Waals surface area contributed by atoms with Crippen molar-refractivity contribution in [2.24, 2.45) is 0 Å². The van der Waals surface area contributed by atoms with Crippen molar-refractivity contribution in [2.45, 2.75) is 6.54 Å². The molecule has 2 rings (SSSR count). The highest BCUT2D eigenvalue weighted by molar-refractivity contribution is 5.52. The van der Waals surface area contributed by atoms with Crippen molar-refractivity contribution in [3.05, 3.63) is 70.3 Å². The molecule has 0 aliphatic heterocycles. The standard InChI is InChI=1S/C14H14N2O2/c1-15(11-12-6-3-2-4-7-12)13-8-5-9-14(10-13)16(17)18/h2-10H,11H2,1H3. The molecule has 0 saturated heterocycles. The van der Waals surface area contributed by atoms with E-state index in [0.717, 1.165) is 12.2 Å². The highest BCUT2D eigenvalue weighted by Gasteiger charge is 2.08. The van der Waals surface area contributed by atoms with E-state index in [1.54, 1.807) is 12.1 Å². The van der Waals surface area contributed by atoms with Gasteiger partial charge in [0.2, 0.25) is 0 Å². The van der Waals surface area contributed by atoms with Gasteiger partial charge < -0.3 is 4.90 Å². The maximum absolute atomic E-state index is 10.7. The summed E-state index contributed by atoms with van der Waals surface area (Å²) in [6.07, 6.45) is 0. The second-order valence-corrected chi connectivity index (χ2v) is 4.12. The third kappa shape index (κ3) is 2.85. The molecule has 0 unspecified atom stereocenters. The minimum atomic E-state index is -0.375. The molecule has 0 bridgehead atoms. The van der Waals surface area contributed by atoms with Crippen LogP contribution in [-0.4, -0.2) is 12.0 Å². The van der Waals surface area contributed by atoms with Crippen LogP contribution in [0.15, 0.2) is 54.6 Å². The van der Waals surface area contributed by atoms with Crippen LogP contribution in [0.3, 0.4) is 0 Å². The van der Waals surface area contributed by atoms with Gasteiger partial charge in [0.1, 0.15) is 0 Å². The Kier molecular flexibility index (Phi) is 3.57. The van der Waals surface area contributed by atoms with Crippen molar-refractivity contribution in [3.63, 3.8) is 0 Å². The predicted octanol–water partition coefficient (Wildman–Crippen LogP) is 3.23. The zero-order chi connectivity index (χ0) is 13.0. The lowest BCUT2D eigenvalue weighted by molar-refractivity contribution is -0.384. The fraction of sp³-hybridized carbons (Fsp3) is 0.143. The molecule has 4 nitrogen and oxygen atoms in total. The molecule has 0 spiro atoms. The summed E-state index contributed by atoms with van der Waals surface area (Å²) in [6.45, 7) is 0.724. The topological polar surface area (TPSA) is 46.4 Å². The van der Waals surface area contributed by atoms with E-state index in [9.17, 15) is 10.1 Å². The average Bonchev–Trinajstić information content (AvgIpc) is 2.40. The molecule has 0 N–H and O–H groups in total. The third-order valence-electron chi connectivity index (χ3n) is 2.74. The molecule has 0 atom stereocenters. The fourth-order valence-corrected chi connectivity index (χ4v) is 1.79. The Labute approximate surface area is 106 Å². The quantitative estimate of drug-likeness (QED) is 0.610. The van der Waals surface area contributed by atoms with E-state index in [1.165, 1.54) is 11.6 Å². The minimum Gasteiger partial charge on any atom is -0.370 e. The number of benzene rings is 2. The van der Waals surface area contributed by atoms with Crippen LogP contribution in [0.25, 0.3) is 0 Å². The second-order valence-electron chi connectivity index (χ2n) is 4.12. The number of hydrogen-bond donors (Lipinski definition) is 0. The number of non-ortho nitro benzene ring substituents is 1. The molecule has 0 amide bonds. The van der Waals surface area contributed by atoms with Gasteiger partial charge in [0.25, 0.3) is 5.69 Å². The van der Waals surface area contributed by atoms with E-state index in [4.69, 9.17) is 0 Å². The van der Waals surface area contributed by atoms with E-state index in [2.05, 4.69) is 0 Å². The van der Waals surface area contributed by atoms with Gasteiger partial charge in [-0.2, -0.15) is 0 Å². The first kappa shape index (κ1) is 12.1. The van der Waals surface area contributed by atoms with Crippen molar-refractivity contribution in [3.8, 4) is 0 Å². The Balaban J connectivity index is 2.16. The number of nitro benzene ring substituents is 1. The van der Waals surface area contributed by atoms with Crippen LogP contribution in [-0.2, 0) is 6.54 Å². The molecule has 0 aliphatic carbocycles. The molecule has 0 aromatic heterocycles. The van der Waals surface area contributed by atoms with Gasteiger partial charge in [0.15, 0.2) is 0 Å². The minimum absolute atomic E-state index is 0.118. The number of rotatable bonds is 4. The first-order chi connectivity index (χ1) is 8.66. The zero-order valence-corrected chi connectivity index (χ0v) is 10.1. The maximum Gasteiger partial charge on any atom is 0.271 e. The smallest absolute Gasteiger partial charge is 0.271 e. The first-order valence-corrected chi connectivity index (χ1v) is 5.66. The highest BCUT2D eigenvalue weighted by atomic mass is 16.6. The molecule has 92 valence electrons. The monoisotopic (exact) mass is 242 g/mol. The molecule has 0 heterocycles. The lowest BCUT2D eigenvalue weighted by atomic mass is 10.2. The Hall–Kier alpha value is -2.36. The van der Waals surface area contributed by atoms with Gasteiger partial charge in [-0.15, -0.1) is 0 Å². The average molecular weight is 242 g/mol. The largest absolute Gasteiger partial charge is 0.370 e.